The predicted octanol–water partition coefficient (Wildman–Crippen LogP) is 3.49. The largest absolute Gasteiger partial charge is 0.377 e. The first-order valence-electron chi connectivity index (χ1n) is 10.2. The summed E-state index contributed by atoms with van der Waals surface area (Å²) in [6, 6.07) is 4.27. The van der Waals surface area contributed by atoms with E-state index in [1.807, 2.05) is 0 Å². The second-order valence-corrected chi connectivity index (χ2v) is 11.5. The van der Waals surface area contributed by atoms with E-state index in [1.54, 1.807) is 0 Å². The number of hydrogen-bond acceptors (Lipinski definition) is 6. The van der Waals surface area contributed by atoms with Gasteiger partial charge in [-0.05, 0) is 65.5 Å². The molecule has 0 aliphatic carbocycles. The zero-order valence-corrected chi connectivity index (χ0v) is 18.5. The van der Waals surface area contributed by atoms with Crippen LogP contribution in [0.2, 0.25) is 0 Å². The minimum Gasteiger partial charge on any atom is -0.377 e. The Kier molecular flexibility index (Phi) is 5.95. The van der Waals surface area contributed by atoms with E-state index in [0.29, 0.717) is 18.8 Å². The van der Waals surface area contributed by atoms with E-state index in [2.05, 4.69) is 38.3 Å². The molecule has 0 spiro atoms. The average molecular weight is 425 g/mol. The molecule has 0 amide bonds. The van der Waals surface area contributed by atoms with Gasteiger partial charge in [-0.25, -0.2) is 8.42 Å². The second kappa shape index (κ2) is 7.85. The number of nitro groups is 1. The van der Waals surface area contributed by atoms with E-state index >= 15 is 0 Å². The van der Waals surface area contributed by atoms with Crippen LogP contribution >= 0.6 is 0 Å². The Morgan fingerprint density at radius 3 is 2.24 bits per heavy atom. The first-order valence-corrected chi connectivity index (χ1v) is 11.7. The standard InChI is InChI=1S/C20H32N4O4S/c1-19(2)13-15(14-20(3,4)22-19)21-17-9-8-16(12-18(17)24(25)26)29(27,28)23-10-6-5-7-11-23/h8-9,12,15,21-22H,5-7,10-11,13-14H2,1-4H3. The lowest BCUT2D eigenvalue weighted by molar-refractivity contribution is -0.384. The van der Waals surface area contributed by atoms with Crippen molar-refractivity contribution in [3.05, 3.63) is 28.3 Å². The number of piperidine rings is 2. The molecule has 29 heavy (non-hydrogen) atoms. The third-order valence-corrected chi connectivity index (χ3v) is 7.56. The Hall–Kier alpha value is -1.71. The topological polar surface area (TPSA) is 105 Å². The van der Waals surface area contributed by atoms with Crippen LogP contribution in [0.5, 0.6) is 0 Å². The molecule has 9 heteroatoms. The van der Waals surface area contributed by atoms with E-state index in [9.17, 15) is 18.5 Å². The van der Waals surface area contributed by atoms with Gasteiger partial charge in [-0.3, -0.25) is 10.1 Å². The second-order valence-electron chi connectivity index (χ2n) is 9.54. The quantitative estimate of drug-likeness (QED) is 0.554. The molecule has 2 heterocycles. The Morgan fingerprint density at radius 2 is 1.69 bits per heavy atom. The highest BCUT2D eigenvalue weighted by Gasteiger charge is 2.38. The maximum Gasteiger partial charge on any atom is 0.293 e. The molecular weight excluding hydrogens is 392 g/mol. The van der Waals surface area contributed by atoms with Crippen LogP contribution in [-0.4, -0.2) is 47.9 Å². The van der Waals surface area contributed by atoms with Crippen LogP contribution in [0.4, 0.5) is 11.4 Å². The Labute approximate surface area is 173 Å². The van der Waals surface area contributed by atoms with Crippen LogP contribution < -0.4 is 10.6 Å². The molecule has 162 valence electrons. The van der Waals surface area contributed by atoms with E-state index in [4.69, 9.17) is 0 Å². The fourth-order valence-electron chi connectivity index (χ4n) is 4.84. The maximum atomic E-state index is 12.9. The van der Waals surface area contributed by atoms with Crippen LogP contribution in [0.15, 0.2) is 23.1 Å². The molecule has 0 unspecified atom stereocenters. The molecule has 1 aromatic rings. The molecule has 0 bridgehead atoms. The van der Waals surface area contributed by atoms with Crippen LogP contribution in [0.25, 0.3) is 0 Å². The normalized spacial score (nSPS) is 22.9. The van der Waals surface area contributed by atoms with Gasteiger partial charge >= 0.3 is 0 Å². The van der Waals surface area contributed by atoms with Crippen molar-refractivity contribution in [3.8, 4) is 0 Å². The summed E-state index contributed by atoms with van der Waals surface area (Å²) >= 11 is 0. The fraction of sp³-hybridized carbons (Fsp3) is 0.700. The highest BCUT2D eigenvalue weighted by atomic mass is 32.2. The van der Waals surface area contributed by atoms with Crippen molar-refractivity contribution in [2.24, 2.45) is 0 Å². The molecule has 2 saturated heterocycles. The number of nitrogens with one attached hydrogen (secondary N) is 2. The molecule has 0 radical (unpaired) electrons. The Morgan fingerprint density at radius 1 is 1.10 bits per heavy atom. The summed E-state index contributed by atoms with van der Waals surface area (Å²) in [4.78, 5) is 11.2. The molecule has 1 aromatic carbocycles. The lowest BCUT2D eigenvalue weighted by Gasteiger charge is -2.46. The van der Waals surface area contributed by atoms with E-state index in [1.165, 1.54) is 22.5 Å². The number of anilines is 1. The van der Waals surface area contributed by atoms with Crippen molar-refractivity contribution in [2.75, 3.05) is 18.4 Å². The van der Waals surface area contributed by atoms with Gasteiger partial charge in [0.05, 0.1) is 9.82 Å². The molecule has 0 saturated carbocycles. The minimum atomic E-state index is -3.71. The van der Waals surface area contributed by atoms with Gasteiger partial charge in [-0.15, -0.1) is 0 Å². The zero-order valence-electron chi connectivity index (χ0n) is 17.7. The summed E-state index contributed by atoms with van der Waals surface area (Å²) in [7, 11) is -3.71. The lowest BCUT2D eigenvalue weighted by atomic mass is 9.79. The monoisotopic (exact) mass is 424 g/mol. The maximum absolute atomic E-state index is 12.9. The summed E-state index contributed by atoms with van der Waals surface area (Å²) < 4.78 is 27.2. The highest BCUT2D eigenvalue weighted by Crippen LogP contribution is 2.34. The van der Waals surface area contributed by atoms with Gasteiger partial charge in [-0.2, -0.15) is 4.31 Å². The van der Waals surface area contributed by atoms with Gasteiger partial charge in [-0.1, -0.05) is 6.42 Å². The van der Waals surface area contributed by atoms with Gasteiger partial charge in [0.2, 0.25) is 10.0 Å². The van der Waals surface area contributed by atoms with E-state index < -0.39 is 14.9 Å². The van der Waals surface area contributed by atoms with E-state index in [0.717, 1.165) is 32.1 Å². The predicted molar refractivity (Wildman–Crippen MR) is 114 cm³/mol. The van der Waals surface area contributed by atoms with Crippen molar-refractivity contribution in [2.45, 2.75) is 81.8 Å². The van der Waals surface area contributed by atoms with Crippen LogP contribution in [0, 0.1) is 10.1 Å². The number of nitrogens with zero attached hydrogens (tertiary/aromatic N) is 2. The summed E-state index contributed by atoms with van der Waals surface area (Å²) in [5.74, 6) is 0. The number of nitro benzene ring substituents is 1. The molecule has 2 aliphatic rings. The summed E-state index contributed by atoms with van der Waals surface area (Å²) in [6.07, 6.45) is 4.27. The van der Waals surface area contributed by atoms with Crippen molar-refractivity contribution >= 4 is 21.4 Å². The van der Waals surface area contributed by atoms with Crippen LogP contribution in [-0.2, 0) is 10.0 Å². The van der Waals surface area contributed by atoms with Crippen molar-refractivity contribution in [1.29, 1.82) is 0 Å². The van der Waals surface area contributed by atoms with Crippen molar-refractivity contribution in [1.82, 2.24) is 9.62 Å². The third kappa shape index (κ3) is 5.07. The van der Waals surface area contributed by atoms with Gasteiger partial charge in [0.25, 0.3) is 5.69 Å². The Bertz CT molecular complexity index is 860. The van der Waals surface area contributed by atoms with Crippen molar-refractivity contribution < 1.29 is 13.3 Å². The average Bonchev–Trinajstić information content (AvgIpc) is 2.59. The summed E-state index contributed by atoms with van der Waals surface area (Å²) in [6.45, 7) is 9.40. The van der Waals surface area contributed by atoms with Crippen molar-refractivity contribution in [3.63, 3.8) is 0 Å². The van der Waals surface area contributed by atoms with Gasteiger partial charge in [0, 0.05) is 36.3 Å². The lowest BCUT2D eigenvalue weighted by Crippen LogP contribution is -2.60. The Balaban J connectivity index is 1.88. The van der Waals surface area contributed by atoms with Crippen LogP contribution in [0.3, 0.4) is 0 Å². The first-order chi connectivity index (χ1) is 13.4. The smallest absolute Gasteiger partial charge is 0.293 e. The number of sulfonamides is 1. The van der Waals surface area contributed by atoms with Gasteiger partial charge < -0.3 is 10.6 Å². The molecule has 0 atom stereocenters. The number of hydrogen-bond donors (Lipinski definition) is 2. The highest BCUT2D eigenvalue weighted by molar-refractivity contribution is 7.89. The van der Waals surface area contributed by atoms with E-state index in [-0.39, 0.29) is 27.7 Å². The molecule has 2 aliphatic heterocycles. The minimum absolute atomic E-state index is 0.0115. The molecule has 2 N–H and O–H groups in total. The SMILES string of the molecule is CC1(C)CC(Nc2ccc(S(=O)(=O)N3CCCCC3)cc2[N+](=O)[O-])CC(C)(C)N1. The molecule has 2 fully saturated rings. The molecular formula is C20H32N4O4S. The molecule has 0 aromatic heterocycles. The number of rotatable bonds is 5. The summed E-state index contributed by atoms with van der Waals surface area (Å²) in [5.41, 5.74) is -0.0411. The van der Waals surface area contributed by atoms with Gasteiger partial charge in [0.15, 0.2) is 0 Å². The first kappa shape index (κ1) is 22.0. The fourth-order valence-corrected chi connectivity index (χ4v) is 6.38. The van der Waals surface area contributed by atoms with Gasteiger partial charge in [0.1, 0.15) is 5.69 Å². The zero-order chi connectivity index (χ0) is 21.4. The summed E-state index contributed by atoms with van der Waals surface area (Å²) in [5, 5.41) is 18.6. The molecule has 8 nitrogen and oxygen atoms in total. The molecule has 3 rings (SSSR count). The van der Waals surface area contributed by atoms with Crippen LogP contribution in [0.1, 0.15) is 59.8 Å². The third-order valence-electron chi connectivity index (χ3n) is 5.67. The number of benzene rings is 1.